The summed E-state index contributed by atoms with van der Waals surface area (Å²) in [6.45, 7) is 3.46. The summed E-state index contributed by atoms with van der Waals surface area (Å²) in [5.74, 6) is 5.68. The number of carbonyl (C=O) groups excluding carboxylic acids is 3. The van der Waals surface area contributed by atoms with Crippen LogP contribution in [0.1, 0.15) is 38.2 Å². The number of imidazole rings is 1. The molecule has 3 aliphatic heterocycles. The van der Waals surface area contributed by atoms with Crippen molar-refractivity contribution in [2.45, 2.75) is 56.8 Å². The lowest BCUT2D eigenvalue weighted by Gasteiger charge is -2.33. The van der Waals surface area contributed by atoms with Gasteiger partial charge in [-0.25, -0.2) is 19.7 Å². The minimum absolute atomic E-state index is 0.0864. The first-order valence-electron chi connectivity index (χ1n) is 12.8. The number of rotatable bonds is 5. The van der Waals surface area contributed by atoms with Gasteiger partial charge in [0, 0.05) is 26.1 Å². The van der Waals surface area contributed by atoms with Crippen LogP contribution >= 0.6 is 0 Å². The third-order valence-electron chi connectivity index (χ3n) is 7.03. The number of anilines is 1. The molecule has 0 radical (unpaired) electrons. The van der Waals surface area contributed by atoms with E-state index in [0.29, 0.717) is 32.6 Å². The molecule has 5 atom stereocenters. The SMILES string of the molecule is CCNC(=O)C1OC(n2cnc3c(N)nc(C#CCC4CCN(C(=O)OC5CNC5=O)CC4)nc32)C(O)C1O. The van der Waals surface area contributed by atoms with Crippen molar-refractivity contribution < 1.29 is 34.1 Å². The lowest BCUT2D eigenvalue weighted by atomic mass is 9.94. The number of nitrogen functional groups attached to an aromatic ring is 1. The van der Waals surface area contributed by atoms with Gasteiger partial charge < -0.3 is 41.0 Å². The van der Waals surface area contributed by atoms with E-state index >= 15 is 0 Å². The molecule has 15 nitrogen and oxygen atoms in total. The fourth-order valence-corrected chi connectivity index (χ4v) is 4.72. The number of likely N-dealkylation sites (N-methyl/N-ethyl adjacent to an activating group) is 1. The van der Waals surface area contributed by atoms with Crippen molar-refractivity contribution in [2.75, 3.05) is 31.9 Å². The van der Waals surface area contributed by atoms with Gasteiger partial charge in [0.15, 0.2) is 29.9 Å². The molecule has 3 fully saturated rings. The molecule has 6 N–H and O–H groups in total. The van der Waals surface area contributed by atoms with Crippen LogP contribution in [0.15, 0.2) is 6.33 Å². The number of piperidine rings is 1. The fourth-order valence-electron chi connectivity index (χ4n) is 4.72. The van der Waals surface area contributed by atoms with Crippen LogP contribution in [0, 0.1) is 17.8 Å². The molecule has 2 aromatic rings. The Labute approximate surface area is 223 Å². The monoisotopic (exact) mass is 542 g/mol. The van der Waals surface area contributed by atoms with Crippen LogP contribution in [-0.2, 0) is 19.1 Å². The van der Waals surface area contributed by atoms with Crippen LogP contribution in [0.4, 0.5) is 10.6 Å². The van der Waals surface area contributed by atoms with E-state index in [0.717, 1.165) is 12.8 Å². The van der Waals surface area contributed by atoms with Crippen molar-refractivity contribution >= 4 is 34.9 Å². The van der Waals surface area contributed by atoms with Crippen molar-refractivity contribution in [1.82, 2.24) is 35.1 Å². The zero-order valence-corrected chi connectivity index (χ0v) is 21.2. The zero-order chi connectivity index (χ0) is 27.7. The van der Waals surface area contributed by atoms with Gasteiger partial charge in [0.1, 0.15) is 17.7 Å². The number of fused-ring (bicyclic) bond motifs is 1. The van der Waals surface area contributed by atoms with Gasteiger partial charge in [-0.15, -0.1) is 0 Å². The number of hydrogen-bond donors (Lipinski definition) is 5. The maximum Gasteiger partial charge on any atom is 0.410 e. The van der Waals surface area contributed by atoms with Gasteiger partial charge in [0.2, 0.25) is 5.82 Å². The van der Waals surface area contributed by atoms with Gasteiger partial charge in [-0.2, -0.15) is 0 Å². The molecule has 5 rings (SSSR count). The highest BCUT2D eigenvalue weighted by molar-refractivity contribution is 5.88. The summed E-state index contributed by atoms with van der Waals surface area (Å²) in [6, 6.07) is 0. The summed E-state index contributed by atoms with van der Waals surface area (Å²) < 4.78 is 12.3. The second-order valence-electron chi connectivity index (χ2n) is 9.63. The number of amides is 3. The summed E-state index contributed by atoms with van der Waals surface area (Å²) >= 11 is 0. The fraction of sp³-hybridized carbons (Fsp3) is 0.583. The van der Waals surface area contributed by atoms with E-state index in [1.54, 1.807) is 11.8 Å². The van der Waals surface area contributed by atoms with Gasteiger partial charge in [0.05, 0.1) is 12.9 Å². The summed E-state index contributed by atoms with van der Waals surface area (Å²) in [5.41, 5.74) is 6.59. The van der Waals surface area contributed by atoms with Gasteiger partial charge in [-0.3, -0.25) is 14.2 Å². The first-order valence-corrected chi connectivity index (χ1v) is 12.8. The van der Waals surface area contributed by atoms with E-state index in [1.807, 2.05) is 0 Å². The van der Waals surface area contributed by atoms with E-state index in [1.165, 1.54) is 10.9 Å². The van der Waals surface area contributed by atoms with Crippen LogP contribution in [0.5, 0.6) is 0 Å². The van der Waals surface area contributed by atoms with Crippen molar-refractivity contribution in [1.29, 1.82) is 0 Å². The van der Waals surface area contributed by atoms with Gasteiger partial charge >= 0.3 is 6.09 Å². The Morgan fingerprint density at radius 3 is 2.72 bits per heavy atom. The molecule has 0 aliphatic carbocycles. The molecule has 0 aromatic carbocycles. The van der Waals surface area contributed by atoms with Crippen molar-refractivity contribution in [3.05, 3.63) is 12.2 Å². The lowest BCUT2D eigenvalue weighted by molar-refractivity contribution is -0.138. The Bertz CT molecular complexity index is 1330. The Hall–Kier alpha value is -4.00. The maximum atomic E-state index is 12.2. The second kappa shape index (κ2) is 11.0. The van der Waals surface area contributed by atoms with Crippen LogP contribution in [0.3, 0.4) is 0 Å². The Balaban J connectivity index is 1.22. The largest absolute Gasteiger partial charge is 0.434 e. The number of aromatic nitrogens is 4. The highest BCUT2D eigenvalue weighted by Gasteiger charge is 2.47. The number of carbonyl (C=O) groups is 3. The normalized spacial score (nSPS) is 26.9. The van der Waals surface area contributed by atoms with Gasteiger partial charge in [0.25, 0.3) is 11.8 Å². The predicted molar refractivity (Wildman–Crippen MR) is 133 cm³/mol. The quantitative estimate of drug-likeness (QED) is 0.211. The molecule has 15 heteroatoms. The first kappa shape index (κ1) is 26.6. The number of β-lactam (4-membered cyclic amide) rings is 1. The van der Waals surface area contributed by atoms with Gasteiger partial charge in [-0.1, -0.05) is 5.92 Å². The summed E-state index contributed by atoms with van der Waals surface area (Å²) in [6.07, 6.45) is -3.02. The molecule has 2 aromatic heterocycles. The number of nitrogens with zero attached hydrogens (tertiary/aromatic N) is 5. The van der Waals surface area contributed by atoms with E-state index in [2.05, 4.69) is 37.4 Å². The Morgan fingerprint density at radius 1 is 1.28 bits per heavy atom. The van der Waals surface area contributed by atoms with Crippen LogP contribution in [-0.4, -0.2) is 103 Å². The third-order valence-corrected chi connectivity index (χ3v) is 7.03. The molecule has 39 heavy (non-hydrogen) atoms. The first-order chi connectivity index (χ1) is 18.8. The average Bonchev–Trinajstić information content (AvgIpc) is 3.47. The standard InChI is InChI=1S/C24H30N8O7/c1-2-26-22(36)18-16(33)17(34)23(39-18)32-11-28-15-19(25)29-14(30-20(15)32)5-3-4-12-6-8-31(9-7-12)24(37)38-13-10-27-21(13)35/h11-13,16-18,23,33-34H,2,4,6-10H2,1H3,(H,26,36)(H,27,35)(H2,25,29,30). The minimum Gasteiger partial charge on any atom is -0.434 e. The molecule has 5 heterocycles. The van der Waals surface area contributed by atoms with E-state index in [4.69, 9.17) is 15.2 Å². The maximum absolute atomic E-state index is 12.2. The molecule has 3 saturated heterocycles. The third kappa shape index (κ3) is 5.31. The summed E-state index contributed by atoms with van der Waals surface area (Å²) in [4.78, 5) is 50.2. The molecule has 0 saturated carbocycles. The smallest absolute Gasteiger partial charge is 0.410 e. The highest BCUT2D eigenvalue weighted by Crippen LogP contribution is 2.32. The molecule has 0 spiro atoms. The number of aliphatic hydroxyl groups is 2. The van der Waals surface area contributed by atoms with Gasteiger partial charge in [-0.05, 0) is 31.6 Å². The van der Waals surface area contributed by atoms with E-state index in [-0.39, 0.29) is 34.6 Å². The molecule has 5 unspecified atom stereocenters. The Kier molecular flexibility index (Phi) is 7.51. The number of nitrogens with two attached hydrogens (primary N) is 1. The molecule has 208 valence electrons. The topological polar surface area (TPSA) is 207 Å². The molecular formula is C24H30N8O7. The number of nitrogens with one attached hydrogen (secondary N) is 2. The van der Waals surface area contributed by atoms with Crippen LogP contribution in [0.2, 0.25) is 0 Å². The zero-order valence-electron chi connectivity index (χ0n) is 21.2. The average molecular weight is 543 g/mol. The molecule has 0 bridgehead atoms. The Morgan fingerprint density at radius 2 is 2.05 bits per heavy atom. The van der Waals surface area contributed by atoms with Crippen molar-refractivity contribution in [3.63, 3.8) is 0 Å². The van der Waals surface area contributed by atoms with E-state index < -0.39 is 42.6 Å². The number of aliphatic hydroxyl groups excluding tert-OH is 2. The highest BCUT2D eigenvalue weighted by atomic mass is 16.6. The number of ether oxygens (including phenoxy) is 2. The summed E-state index contributed by atoms with van der Waals surface area (Å²) in [5, 5.41) is 26.0. The molecule has 3 amide bonds. The summed E-state index contributed by atoms with van der Waals surface area (Å²) in [7, 11) is 0. The molecular weight excluding hydrogens is 512 g/mol. The van der Waals surface area contributed by atoms with Crippen LogP contribution in [0.25, 0.3) is 11.2 Å². The number of likely N-dealkylation sites (tertiary alicyclic amines) is 1. The van der Waals surface area contributed by atoms with Crippen LogP contribution < -0.4 is 16.4 Å². The van der Waals surface area contributed by atoms with Crippen molar-refractivity contribution in [3.8, 4) is 11.8 Å². The second-order valence-corrected chi connectivity index (χ2v) is 9.63. The lowest BCUT2D eigenvalue weighted by Crippen LogP contribution is -2.56. The van der Waals surface area contributed by atoms with E-state index in [9.17, 15) is 24.6 Å². The number of hydrogen-bond acceptors (Lipinski definition) is 11. The minimum atomic E-state index is -1.44. The predicted octanol–water partition coefficient (Wildman–Crippen LogP) is -1.75. The van der Waals surface area contributed by atoms with Crippen molar-refractivity contribution in [2.24, 2.45) is 5.92 Å². The molecule has 3 aliphatic rings.